The number of nitrogens with one attached hydrogen (secondary N) is 1. The van der Waals surface area contributed by atoms with Crippen molar-refractivity contribution in [2.24, 2.45) is 0 Å². The van der Waals surface area contributed by atoms with Gasteiger partial charge in [0.1, 0.15) is 24.9 Å². The van der Waals surface area contributed by atoms with Crippen molar-refractivity contribution >= 4 is 17.8 Å². The Labute approximate surface area is 136 Å². The summed E-state index contributed by atoms with van der Waals surface area (Å²) in [6.45, 7) is 1.55. The number of carboxylic acids is 1. The van der Waals surface area contributed by atoms with Crippen LogP contribution in [-0.2, 0) is 23.9 Å². The van der Waals surface area contributed by atoms with E-state index in [2.05, 4.69) is 10.1 Å². The Hall–Kier alpha value is -1.79. The lowest BCUT2D eigenvalue weighted by Gasteiger charge is -2.44. The maximum absolute atomic E-state index is 11.2. The Morgan fingerprint density at radius 3 is 2.38 bits per heavy atom. The van der Waals surface area contributed by atoms with E-state index < -0.39 is 67.1 Å². The topological polar surface area (TPSA) is 183 Å². The van der Waals surface area contributed by atoms with Crippen LogP contribution in [0.25, 0.3) is 0 Å². The molecule has 1 heterocycles. The van der Waals surface area contributed by atoms with Gasteiger partial charge in [0, 0.05) is 20.3 Å². The average Bonchev–Trinajstić information content (AvgIpc) is 2.46. The summed E-state index contributed by atoms with van der Waals surface area (Å²) in [5.74, 6) is -5.97. The number of aliphatic carboxylic acids is 1. The number of amides is 1. The highest BCUT2D eigenvalue weighted by atomic mass is 16.7. The molecule has 138 valence electrons. The van der Waals surface area contributed by atoms with Gasteiger partial charge in [0.25, 0.3) is 5.79 Å². The van der Waals surface area contributed by atoms with Gasteiger partial charge >= 0.3 is 11.9 Å². The Morgan fingerprint density at radius 1 is 1.33 bits per heavy atom. The summed E-state index contributed by atoms with van der Waals surface area (Å²) in [7, 11) is 0. The third-order valence-corrected chi connectivity index (χ3v) is 3.48. The second-order valence-corrected chi connectivity index (χ2v) is 5.53. The largest absolute Gasteiger partial charge is 0.477 e. The highest BCUT2D eigenvalue weighted by molar-refractivity contribution is 5.76. The SMILES string of the molecule is CC(=O)N[C@@H]1[C@@H](O)C[C@@](O)(C(=O)O)O[C@H]1C(O)[C@H](O)COC(C)=O. The summed E-state index contributed by atoms with van der Waals surface area (Å²) < 4.78 is 9.46. The van der Waals surface area contributed by atoms with Crippen LogP contribution in [-0.4, -0.2) is 86.2 Å². The van der Waals surface area contributed by atoms with Crippen LogP contribution in [0.5, 0.6) is 0 Å². The summed E-state index contributed by atoms with van der Waals surface area (Å²) >= 11 is 0. The highest BCUT2D eigenvalue weighted by Gasteiger charge is 2.53. The zero-order valence-corrected chi connectivity index (χ0v) is 13.1. The van der Waals surface area contributed by atoms with Gasteiger partial charge in [0.2, 0.25) is 5.91 Å². The monoisotopic (exact) mass is 351 g/mol. The van der Waals surface area contributed by atoms with Crippen molar-refractivity contribution in [2.75, 3.05) is 6.61 Å². The zero-order valence-electron chi connectivity index (χ0n) is 13.1. The normalized spacial score (nSPS) is 32.5. The molecule has 11 heteroatoms. The second-order valence-electron chi connectivity index (χ2n) is 5.53. The molecule has 1 saturated heterocycles. The van der Waals surface area contributed by atoms with Crippen molar-refractivity contribution < 1.29 is 49.4 Å². The van der Waals surface area contributed by atoms with Crippen molar-refractivity contribution in [1.82, 2.24) is 5.32 Å². The van der Waals surface area contributed by atoms with Gasteiger partial charge in [-0.3, -0.25) is 9.59 Å². The summed E-state index contributed by atoms with van der Waals surface area (Å²) in [6.07, 6.45) is -7.61. The van der Waals surface area contributed by atoms with Crippen LogP contribution in [0.3, 0.4) is 0 Å². The van der Waals surface area contributed by atoms with Crippen molar-refractivity contribution in [3.8, 4) is 0 Å². The van der Waals surface area contributed by atoms with E-state index in [1.807, 2.05) is 0 Å². The number of hydrogen-bond acceptors (Lipinski definition) is 9. The quantitative estimate of drug-likeness (QED) is 0.265. The number of hydrogen-bond donors (Lipinski definition) is 6. The van der Waals surface area contributed by atoms with E-state index in [4.69, 9.17) is 9.84 Å². The molecule has 24 heavy (non-hydrogen) atoms. The molecule has 11 nitrogen and oxygen atoms in total. The summed E-state index contributed by atoms with van der Waals surface area (Å²) in [6, 6.07) is -1.30. The molecule has 6 N–H and O–H groups in total. The molecule has 1 amide bonds. The molecule has 0 spiro atoms. The molecule has 1 aliphatic rings. The number of carboxylic acid groups (broad SMARTS) is 1. The molecular weight excluding hydrogens is 330 g/mol. The minimum atomic E-state index is -2.82. The predicted octanol–water partition coefficient (Wildman–Crippen LogP) is -3.30. The van der Waals surface area contributed by atoms with E-state index >= 15 is 0 Å². The van der Waals surface area contributed by atoms with Crippen LogP contribution in [0, 0.1) is 0 Å². The second kappa shape index (κ2) is 7.85. The molecule has 0 aliphatic carbocycles. The Balaban J connectivity index is 3.01. The molecule has 0 aromatic heterocycles. The standard InChI is InChI=1S/C13H21NO10/c1-5(15)14-9-7(17)3-13(22,12(20)21)24-11(9)10(19)8(18)4-23-6(2)16/h7-11,17-19,22H,3-4H2,1-2H3,(H,14,15)(H,20,21)/t7-,8+,9+,10?,11+,13-/m0/s1. The number of rotatable bonds is 6. The van der Waals surface area contributed by atoms with Crippen molar-refractivity contribution in [2.45, 2.75) is 56.5 Å². The average molecular weight is 351 g/mol. The fourth-order valence-corrected chi connectivity index (χ4v) is 2.33. The van der Waals surface area contributed by atoms with E-state index in [0.717, 1.165) is 13.8 Å². The first-order chi connectivity index (χ1) is 11.0. The molecule has 1 fully saturated rings. The van der Waals surface area contributed by atoms with E-state index in [-0.39, 0.29) is 0 Å². The first-order valence-electron chi connectivity index (χ1n) is 7.06. The third-order valence-electron chi connectivity index (χ3n) is 3.48. The van der Waals surface area contributed by atoms with Crippen LogP contribution in [0.4, 0.5) is 0 Å². The smallest absolute Gasteiger partial charge is 0.364 e. The first-order valence-corrected chi connectivity index (χ1v) is 7.06. The lowest BCUT2D eigenvalue weighted by Crippen LogP contribution is -2.67. The lowest BCUT2D eigenvalue weighted by molar-refractivity contribution is -0.295. The first kappa shape index (κ1) is 20.3. The summed E-state index contributed by atoms with van der Waals surface area (Å²) in [5.41, 5.74) is 0. The number of esters is 1. The van der Waals surface area contributed by atoms with Crippen LogP contribution in [0.2, 0.25) is 0 Å². The number of aliphatic hydroxyl groups is 4. The van der Waals surface area contributed by atoms with Crippen molar-refractivity contribution in [1.29, 1.82) is 0 Å². The van der Waals surface area contributed by atoms with Crippen molar-refractivity contribution in [3.05, 3.63) is 0 Å². The van der Waals surface area contributed by atoms with Gasteiger partial charge < -0.3 is 40.3 Å². The molecule has 0 aromatic rings. The Kier molecular flexibility index (Phi) is 6.63. The molecular formula is C13H21NO10. The predicted molar refractivity (Wildman–Crippen MR) is 74.3 cm³/mol. The van der Waals surface area contributed by atoms with E-state index in [1.165, 1.54) is 0 Å². The van der Waals surface area contributed by atoms with Gasteiger partial charge in [-0.2, -0.15) is 0 Å². The van der Waals surface area contributed by atoms with E-state index in [9.17, 15) is 34.8 Å². The minimum Gasteiger partial charge on any atom is -0.477 e. The zero-order chi connectivity index (χ0) is 18.7. The lowest BCUT2D eigenvalue weighted by atomic mass is 9.88. The molecule has 1 unspecified atom stereocenters. The van der Waals surface area contributed by atoms with Gasteiger partial charge in [-0.15, -0.1) is 0 Å². The Morgan fingerprint density at radius 2 is 1.92 bits per heavy atom. The fraction of sp³-hybridized carbons (Fsp3) is 0.769. The molecule has 1 aliphatic heterocycles. The van der Waals surface area contributed by atoms with Gasteiger partial charge in [0.15, 0.2) is 0 Å². The number of aliphatic hydroxyl groups excluding tert-OH is 3. The molecule has 6 atom stereocenters. The van der Waals surface area contributed by atoms with Crippen molar-refractivity contribution in [3.63, 3.8) is 0 Å². The van der Waals surface area contributed by atoms with Crippen LogP contribution in [0.1, 0.15) is 20.3 Å². The maximum Gasteiger partial charge on any atom is 0.364 e. The Bertz CT molecular complexity index is 497. The number of ether oxygens (including phenoxy) is 2. The number of carbonyl (C=O) groups is 3. The summed E-state index contributed by atoms with van der Waals surface area (Å²) in [4.78, 5) is 33.1. The molecule has 0 bridgehead atoms. The third kappa shape index (κ3) is 4.85. The maximum atomic E-state index is 11.2. The fourth-order valence-electron chi connectivity index (χ4n) is 2.33. The number of carbonyl (C=O) groups excluding carboxylic acids is 2. The van der Waals surface area contributed by atoms with Crippen LogP contribution < -0.4 is 5.32 Å². The minimum absolute atomic E-state index is 0.616. The highest BCUT2D eigenvalue weighted by Crippen LogP contribution is 2.30. The van der Waals surface area contributed by atoms with E-state index in [0.29, 0.717) is 0 Å². The van der Waals surface area contributed by atoms with E-state index in [1.54, 1.807) is 0 Å². The summed E-state index contributed by atoms with van der Waals surface area (Å²) in [5, 5.41) is 51.2. The molecule has 0 aromatic carbocycles. The molecule has 1 rings (SSSR count). The van der Waals surface area contributed by atoms with Gasteiger partial charge in [-0.1, -0.05) is 0 Å². The molecule has 0 radical (unpaired) electrons. The van der Waals surface area contributed by atoms with Crippen LogP contribution in [0.15, 0.2) is 0 Å². The van der Waals surface area contributed by atoms with Gasteiger partial charge in [0.05, 0.1) is 12.1 Å². The van der Waals surface area contributed by atoms with Gasteiger partial charge in [-0.05, 0) is 0 Å². The van der Waals surface area contributed by atoms with Crippen LogP contribution >= 0.6 is 0 Å². The van der Waals surface area contributed by atoms with Gasteiger partial charge in [-0.25, -0.2) is 4.79 Å². The molecule has 0 saturated carbocycles.